The minimum absolute atomic E-state index is 0.0612. The Morgan fingerprint density at radius 3 is 2.50 bits per heavy atom. The van der Waals surface area contributed by atoms with Crippen LogP contribution in [-0.4, -0.2) is 20.0 Å². The Hall–Kier alpha value is -1.29. The van der Waals surface area contributed by atoms with Crippen LogP contribution in [0.1, 0.15) is 5.56 Å². The molecule has 0 amide bonds. The minimum Gasteiger partial charge on any atom is -0.374 e. The summed E-state index contributed by atoms with van der Waals surface area (Å²) in [7, 11) is -2.89. The van der Waals surface area contributed by atoms with Gasteiger partial charge in [0.25, 0.3) is 0 Å². The molecule has 1 N–H and O–H groups in total. The highest BCUT2D eigenvalue weighted by molar-refractivity contribution is 7.91. The molecule has 3 nitrogen and oxygen atoms in total. The summed E-state index contributed by atoms with van der Waals surface area (Å²) in [5, 5.41) is 2.87. The van der Waals surface area contributed by atoms with E-state index in [1.807, 2.05) is 36.4 Å². The molecule has 0 aliphatic carbocycles. The molecule has 0 bridgehead atoms. The van der Waals surface area contributed by atoms with Gasteiger partial charge in [-0.1, -0.05) is 30.3 Å². The van der Waals surface area contributed by atoms with Crippen LogP contribution in [0.5, 0.6) is 0 Å². The molecular formula is C10H11NO2S. The van der Waals surface area contributed by atoms with Crippen LogP contribution in [0.2, 0.25) is 0 Å². The van der Waals surface area contributed by atoms with E-state index in [2.05, 4.69) is 5.32 Å². The number of benzene rings is 1. The van der Waals surface area contributed by atoms with Crippen LogP contribution < -0.4 is 5.32 Å². The van der Waals surface area contributed by atoms with E-state index in [1.54, 1.807) is 0 Å². The summed E-state index contributed by atoms with van der Waals surface area (Å²) in [5.74, 6) is 0.188. The van der Waals surface area contributed by atoms with Gasteiger partial charge in [-0.15, -0.1) is 0 Å². The second-order valence-electron chi connectivity index (χ2n) is 3.29. The number of hydrogen-bond donors (Lipinski definition) is 1. The zero-order valence-corrected chi connectivity index (χ0v) is 8.42. The Kier molecular flexibility index (Phi) is 2.29. The largest absolute Gasteiger partial charge is 0.374 e. The van der Waals surface area contributed by atoms with Gasteiger partial charge < -0.3 is 5.32 Å². The molecule has 0 aromatic heterocycles. The van der Waals surface area contributed by atoms with Gasteiger partial charge in [-0.05, 0) is 11.6 Å². The molecule has 1 aliphatic heterocycles. The normalized spacial score (nSPS) is 22.1. The molecule has 1 saturated heterocycles. The second-order valence-corrected chi connectivity index (χ2v) is 5.35. The van der Waals surface area contributed by atoms with Gasteiger partial charge in [0.2, 0.25) is 0 Å². The minimum atomic E-state index is -2.89. The van der Waals surface area contributed by atoms with Crippen molar-refractivity contribution >= 4 is 15.9 Å². The van der Waals surface area contributed by atoms with Crippen molar-refractivity contribution in [3.8, 4) is 0 Å². The molecule has 1 heterocycles. The van der Waals surface area contributed by atoms with E-state index in [9.17, 15) is 8.42 Å². The highest BCUT2D eigenvalue weighted by atomic mass is 32.2. The molecule has 0 atom stereocenters. The number of hydrogen-bond acceptors (Lipinski definition) is 3. The van der Waals surface area contributed by atoms with Crippen molar-refractivity contribution in [2.75, 3.05) is 11.6 Å². The molecule has 1 aromatic rings. The van der Waals surface area contributed by atoms with E-state index in [-0.39, 0.29) is 11.6 Å². The van der Waals surface area contributed by atoms with E-state index in [1.165, 1.54) is 0 Å². The van der Waals surface area contributed by atoms with Crippen LogP contribution >= 0.6 is 0 Å². The third-order valence-corrected chi connectivity index (χ3v) is 3.37. The summed E-state index contributed by atoms with van der Waals surface area (Å²) in [4.78, 5) is 0. The van der Waals surface area contributed by atoms with Crippen LogP contribution in [0.4, 0.5) is 0 Å². The lowest BCUT2D eigenvalue weighted by molar-refractivity contribution is 0.601. The van der Waals surface area contributed by atoms with Gasteiger partial charge in [-0.25, -0.2) is 8.42 Å². The smallest absolute Gasteiger partial charge is 0.173 e. The van der Waals surface area contributed by atoms with Crippen LogP contribution in [0, 0.1) is 0 Å². The number of rotatable bonds is 1. The number of sulfone groups is 1. The fourth-order valence-electron chi connectivity index (χ4n) is 1.38. The average Bonchev–Trinajstić information content (AvgIpc) is 2.47. The summed E-state index contributed by atoms with van der Waals surface area (Å²) in [6.07, 6.45) is 1.87. The van der Waals surface area contributed by atoms with Crippen LogP contribution in [0.25, 0.3) is 6.08 Å². The first kappa shape index (κ1) is 9.27. The molecule has 1 aliphatic rings. The molecule has 0 spiro atoms. The van der Waals surface area contributed by atoms with E-state index in [4.69, 9.17) is 0 Å². The molecule has 14 heavy (non-hydrogen) atoms. The van der Waals surface area contributed by atoms with Gasteiger partial charge in [0.15, 0.2) is 9.84 Å². The predicted molar refractivity (Wildman–Crippen MR) is 56.2 cm³/mol. The molecule has 74 valence electrons. The lowest BCUT2D eigenvalue weighted by Gasteiger charge is -1.96. The molecule has 4 heteroatoms. The lowest BCUT2D eigenvalue weighted by Crippen LogP contribution is -2.07. The SMILES string of the molecule is O=S1(=O)CN/C(=C\c2ccccc2)C1. The maximum Gasteiger partial charge on any atom is 0.173 e. The van der Waals surface area contributed by atoms with Crippen molar-refractivity contribution in [1.82, 2.24) is 5.32 Å². The van der Waals surface area contributed by atoms with Gasteiger partial charge in [0, 0.05) is 5.70 Å². The van der Waals surface area contributed by atoms with Gasteiger partial charge in [0.05, 0.1) is 5.75 Å². The standard InChI is InChI=1S/C10H11NO2S/c12-14(13)7-10(11-8-14)6-9-4-2-1-3-5-9/h1-6,11H,7-8H2/b10-6-. The first-order chi connectivity index (χ1) is 6.66. The molecule has 0 saturated carbocycles. The molecule has 0 radical (unpaired) electrons. The fraction of sp³-hybridized carbons (Fsp3) is 0.200. The van der Waals surface area contributed by atoms with Crippen LogP contribution in [-0.2, 0) is 9.84 Å². The first-order valence-electron chi connectivity index (χ1n) is 4.36. The van der Waals surface area contributed by atoms with Crippen LogP contribution in [0.15, 0.2) is 36.0 Å². The third kappa shape index (κ3) is 2.14. The summed E-state index contributed by atoms with van der Waals surface area (Å²) in [6.45, 7) is 0. The molecule has 2 rings (SSSR count). The Morgan fingerprint density at radius 2 is 1.93 bits per heavy atom. The van der Waals surface area contributed by atoms with Crippen molar-refractivity contribution in [1.29, 1.82) is 0 Å². The predicted octanol–water partition coefficient (Wildman–Crippen LogP) is 1.00. The summed E-state index contributed by atoms with van der Waals surface area (Å²) in [5.41, 5.74) is 1.79. The summed E-state index contributed by atoms with van der Waals surface area (Å²) >= 11 is 0. The first-order valence-corrected chi connectivity index (χ1v) is 6.18. The van der Waals surface area contributed by atoms with Gasteiger partial charge >= 0.3 is 0 Å². The number of nitrogens with one attached hydrogen (secondary N) is 1. The van der Waals surface area contributed by atoms with Gasteiger partial charge in [-0.3, -0.25) is 0 Å². The third-order valence-electron chi connectivity index (χ3n) is 2.04. The van der Waals surface area contributed by atoms with Crippen LogP contribution in [0.3, 0.4) is 0 Å². The molecule has 1 aromatic carbocycles. The Balaban J connectivity index is 2.22. The monoisotopic (exact) mass is 209 g/mol. The Morgan fingerprint density at radius 1 is 1.21 bits per heavy atom. The van der Waals surface area contributed by atoms with E-state index >= 15 is 0 Å². The quantitative estimate of drug-likeness (QED) is 0.750. The maximum atomic E-state index is 11.1. The van der Waals surface area contributed by atoms with Gasteiger partial charge in [-0.2, -0.15) is 0 Å². The second kappa shape index (κ2) is 3.46. The van der Waals surface area contributed by atoms with E-state index < -0.39 is 9.84 Å². The maximum absolute atomic E-state index is 11.1. The molecule has 1 fully saturated rings. The van der Waals surface area contributed by atoms with Crippen molar-refractivity contribution in [3.63, 3.8) is 0 Å². The fourth-order valence-corrected chi connectivity index (χ4v) is 2.55. The van der Waals surface area contributed by atoms with Crippen molar-refractivity contribution in [2.24, 2.45) is 0 Å². The van der Waals surface area contributed by atoms with Crippen molar-refractivity contribution in [3.05, 3.63) is 41.6 Å². The van der Waals surface area contributed by atoms with Crippen molar-refractivity contribution in [2.45, 2.75) is 0 Å². The van der Waals surface area contributed by atoms with Gasteiger partial charge in [0.1, 0.15) is 5.88 Å². The summed E-state index contributed by atoms with van der Waals surface area (Å²) in [6, 6.07) is 9.67. The Labute approximate surface area is 83.4 Å². The highest BCUT2D eigenvalue weighted by Gasteiger charge is 2.20. The highest BCUT2D eigenvalue weighted by Crippen LogP contribution is 2.11. The zero-order chi connectivity index (χ0) is 10.0. The topological polar surface area (TPSA) is 46.2 Å². The summed E-state index contributed by atoms with van der Waals surface area (Å²) < 4.78 is 22.3. The van der Waals surface area contributed by atoms with E-state index in [0.29, 0.717) is 0 Å². The zero-order valence-electron chi connectivity index (χ0n) is 7.60. The molecule has 0 unspecified atom stereocenters. The lowest BCUT2D eigenvalue weighted by atomic mass is 10.2. The van der Waals surface area contributed by atoms with E-state index in [0.717, 1.165) is 11.3 Å². The average molecular weight is 209 g/mol. The van der Waals surface area contributed by atoms with Crippen molar-refractivity contribution < 1.29 is 8.42 Å². The Bertz CT molecular complexity index is 448. The molecular weight excluding hydrogens is 198 g/mol.